The second-order valence-corrected chi connectivity index (χ2v) is 8.26. The largest absolute Gasteiger partial charge is 0.383 e. The summed E-state index contributed by atoms with van der Waals surface area (Å²) in [7, 11) is 0. The van der Waals surface area contributed by atoms with Crippen LogP contribution >= 0.6 is 0 Å². The highest BCUT2D eigenvalue weighted by molar-refractivity contribution is 5.84. The van der Waals surface area contributed by atoms with Gasteiger partial charge in [0.25, 0.3) is 5.95 Å². The van der Waals surface area contributed by atoms with Crippen LogP contribution in [0.4, 0.5) is 16.0 Å². The number of aromatic nitrogens is 4. The summed E-state index contributed by atoms with van der Waals surface area (Å²) in [5.41, 5.74) is 8.55. The standard InChI is InChI=1S/C23H21FN6O/c1-23(2)18(12-31)26-21-19(23)20(25)27-22(28-21)30-17-10-6-4-8-14(17)16(29-30)11-13-7-3-5-9-15(13)24/h3-10,12,18H,11H2,1-2H3,(H3,25,26,27,28). The number of fused-ring (bicyclic) bond motifs is 2. The summed E-state index contributed by atoms with van der Waals surface area (Å²) in [6.07, 6.45) is 1.19. The Bertz CT molecular complexity index is 1330. The van der Waals surface area contributed by atoms with Crippen LogP contribution in [0.5, 0.6) is 0 Å². The number of anilines is 2. The number of nitrogen functional groups attached to an aromatic ring is 1. The van der Waals surface area contributed by atoms with Gasteiger partial charge in [-0.15, -0.1) is 0 Å². The number of hydrogen-bond acceptors (Lipinski definition) is 6. The number of rotatable bonds is 4. The van der Waals surface area contributed by atoms with E-state index in [1.54, 1.807) is 22.9 Å². The lowest BCUT2D eigenvalue weighted by Gasteiger charge is -2.23. The zero-order chi connectivity index (χ0) is 21.8. The van der Waals surface area contributed by atoms with Crippen LogP contribution in [-0.2, 0) is 16.6 Å². The normalized spacial score (nSPS) is 16.8. The molecule has 0 saturated heterocycles. The predicted octanol–water partition coefficient (Wildman–Crippen LogP) is 3.40. The second-order valence-electron chi connectivity index (χ2n) is 8.26. The number of halogens is 1. The van der Waals surface area contributed by atoms with E-state index in [0.717, 1.165) is 22.8 Å². The molecule has 7 nitrogen and oxygen atoms in total. The lowest BCUT2D eigenvalue weighted by atomic mass is 9.82. The molecule has 156 valence electrons. The van der Waals surface area contributed by atoms with Crippen molar-refractivity contribution in [3.05, 3.63) is 71.2 Å². The molecule has 2 aromatic heterocycles. The summed E-state index contributed by atoms with van der Waals surface area (Å²) in [6.45, 7) is 3.86. The first-order valence-electron chi connectivity index (χ1n) is 10.0. The Labute approximate surface area is 178 Å². The number of carbonyl (C=O) groups is 1. The summed E-state index contributed by atoms with van der Waals surface area (Å²) < 4.78 is 15.9. The van der Waals surface area contributed by atoms with Gasteiger partial charge in [-0.2, -0.15) is 19.7 Å². The van der Waals surface area contributed by atoms with Crippen LogP contribution in [0, 0.1) is 5.82 Å². The van der Waals surface area contributed by atoms with Crippen molar-refractivity contribution in [2.24, 2.45) is 0 Å². The Morgan fingerprint density at radius 1 is 1.16 bits per heavy atom. The SMILES string of the molecule is CC1(C)c2c(N)nc(-n3nc(Cc4ccccc4F)c4ccccc43)nc2NC1C=O. The minimum atomic E-state index is -0.526. The van der Waals surface area contributed by atoms with E-state index in [1.807, 2.05) is 38.1 Å². The van der Waals surface area contributed by atoms with Crippen molar-refractivity contribution >= 4 is 28.8 Å². The van der Waals surface area contributed by atoms with E-state index >= 15 is 0 Å². The molecule has 0 amide bonds. The molecule has 0 radical (unpaired) electrons. The van der Waals surface area contributed by atoms with Gasteiger partial charge in [0.1, 0.15) is 23.7 Å². The molecule has 0 bridgehead atoms. The van der Waals surface area contributed by atoms with Crippen molar-refractivity contribution in [1.82, 2.24) is 19.7 Å². The minimum Gasteiger partial charge on any atom is -0.383 e. The number of nitrogens with two attached hydrogens (primary N) is 1. The first-order chi connectivity index (χ1) is 14.9. The third-order valence-electron chi connectivity index (χ3n) is 5.94. The van der Waals surface area contributed by atoms with Crippen LogP contribution in [0.2, 0.25) is 0 Å². The van der Waals surface area contributed by atoms with E-state index in [9.17, 15) is 9.18 Å². The number of para-hydroxylation sites is 1. The zero-order valence-electron chi connectivity index (χ0n) is 17.1. The van der Waals surface area contributed by atoms with Gasteiger partial charge in [-0.25, -0.2) is 4.39 Å². The van der Waals surface area contributed by atoms with Crippen LogP contribution in [0.1, 0.15) is 30.7 Å². The smallest absolute Gasteiger partial charge is 0.255 e. The van der Waals surface area contributed by atoms with E-state index in [2.05, 4.69) is 15.3 Å². The summed E-state index contributed by atoms with van der Waals surface area (Å²) in [5, 5.41) is 8.73. The van der Waals surface area contributed by atoms with Gasteiger partial charge in [0.15, 0.2) is 0 Å². The molecule has 2 aromatic carbocycles. The average Bonchev–Trinajstić information content (AvgIpc) is 3.24. The van der Waals surface area contributed by atoms with E-state index in [0.29, 0.717) is 35.3 Å². The molecule has 31 heavy (non-hydrogen) atoms. The highest BCUT2D eigenvalue weighted by Gasteiger charge is 2.43. The Morgan fingerprint density at radius 3 is 2.68 bits per heavy atom. The molecule has 8 heteroatoms. The van der Waals surface area contributed by atoms with Gasteiger partial charge in [-0.05, 0) is 17.7 Å². The molecule has 1 aliphatic heterocycles. The molecular weight excluding hydrogens is 395 g/mol. The van der Waals surface area contributed by atoms with Crippen LogP contribution < -0.4 is 11.1 Å². The lowest BCUT2D eigenvalue weighted by molar-refractivity contribution is -0.109. The fourth-order valence-corrected chi connectivity index (χ4v) is 4.22. The Balaban J connectivity index is 1.65. The van der Waals surface area contributed by atoms with Gasteiger partial charge in [0.05, 0.1) is 17.3 Å². The van der Waals surface area contributed by atoms with Crippen LogP contribution in [0.25, 0.3) is 16.9 Å². The number of hydrogen-bond donors (Lipinski definition) is 2. The maximum Gasteiger partial charge on any atom is 0.255 e. The van der Waals surface area contributed by atoms with Gasteiger partial charge in [-0.3, -0.25) is 0 Å². The summed E-state index contributed by atoms with van der Waals surface area (Å²) in [4.78, 5) is 20.7. The van der Waals surface area contributed by atoms with Crippen molar-refractivity contribution in [3.63, 3.8) is 0 Å². The zero-order valence-corrected chi connectivity index (χ0v) is 17.1. The highest BCUT2D eigenvalue weighted by atomic mass is 19.1. The van der Waals surface area contributed by atoms with Gasteiger partial charge in [-0.1, -0.05) is 50.2 Å². The molecule has 1 atom stereocenters. The number of nitrogens with zero attached hydrogens (tertiary/aromatic N) is 4. The summed E-state index contributed by atoms with van der Waals surface area (Å²) in [6, 6.07) is 13.9. The molecule has 5 rings (SSSR count). The molecular formula is C23H21FN6O. The Kier molecular flexibility index (Phi) is 4.25. The van der Waals surface area contributed by atoms with Gasteiger partial charge < -0.3 is 15.8 Å². The van der Waals surface area contributed by atoms with Crippen molar-refractivity contribution in [1.29, 1.82) is 0 Å². The van der Waals surface area contributed by atoms with E-state index in [1.165, 1.54) is 6.07 Å². The third-order valence-corrected chi connectivity index (χ3v) is 5.94. The molecule has 0 spiro atoms. The van der Waals surface area contributed by atoms with Crippen LogP contribution in [0.3, 0.4) is 0 Å². The Hall–Kier alpha value is -3.81. The number of aldehydes is 1. The first kappa shape index (κ1) is 19.2. The molecule has 3 heterocycles. The third kappa shape index (κ3) is 2.94. The summed E-state index contributed by atoms with van der Waals surface area (Å²) >= 11 is 0. The highest BCUT2D eigenvalue weighted by Crippen LogP contribution is 2.42. The molecule has 4 aromatic rings. The van der Waals surface area contributed by atoms with Crippen molar-refractivity contribution in [2.75, 3.05) is 11.1 Å². The molecule has 0 saturated carbocycles. The maximum atomic E-state index is 14.2. The number of carbonyl (C=O) groups excluding carboxylic acids is 1. The molecule has 1 unspecified atom stereocenters. The number of nitrogens with one attached hydrogen (secondary N) is 1. The van der Waals surface area contributed by atoms with Crippen LogP contribution in [-0.4, -0.2) is 32.1 Å². The first-order valence-corrected chi connectivity index (χ1v) is 10.0. The minimum absolute atomic E-state index is 0.273. The molecule has 0 aliphatic carbocycles. The predicted molar refractivity (Wildman–Crippen MR) is 117 cm³/mol. The average molecular weight is 416 g/mol. The number of benzene rings is 2. The summed E-state index contributed by atoms with van der Waals surface area (Å²) in [5.74, 6) is 0.851. The molecule has 1 aliphatic rings. The van der Waals surface area contributed by atoms with E-state index in [4.69, 9.17) is 10.8 Å². The van der Waals surface area contributed by atoms with Crippen molar-refractivity contribution < 1.29 is 9.18 Å². The van der Waals surface area contributed by atoms with Crippen molar-refractivity contribution in [3.8, 4) is 5.95 Å². The topological polar surface area (TPSA) is 98.7 Å². The van der Waals surface area contributed by atoms with Gasteiger partial charge >= 0.3 is 0 Å². The monoisotopic (exact) mass is 416 g/mol. The van der Waals surface area contributed by atoms with Crippen LogP contribution in [0.15, 0.2) is 48.5 Å². The fourth-order valence-electron chi connectivity index (χ4n) is 4.22. The van der Waals surface area contributed by atoms with Gasteiger partial charge in [0, 0.05) is 22.8 Å². The second kappa shape index (κ2) is 6.87. The van der Waals surface area contributed by atoms with Gasteiger partial charge in [0.2, 0.25) is 0 Å². The van der Waals surface area contributed by atoms with Crippen molar-refractivity contribution in [2.45, 2.75) is 31.7 Å². The lowest BCUT2D eigenvalue weighted by Crippen LogP contribution is -2.34. The Morgan fingerprint density at radius 2 is 1.90 bits per heavy atom. The molecule has 0 fully saturated rings. The maximum absolute atomic E-state index is 14.2. The quantitative estimate of drug-likeness (QED) is 0.495. The van der Waals surface area contributed by atoms with E-state index < -0.39 is 11.5 Å². The fraction of sp³-hybridized carbons (Fsp3) is 0.217. The van der Waals surface area contributed by atoms with E-state index in [-0.39, 0.29) is 5.82 Å². The molecule has 3 N–H and O–H groups in total.